The van der Waals surface area contributed by atoms with Gasteiger partial charge in [-0.25, -0.2) is 0 Å². The van der Waals surface area contributed by atoms with Crippen LogP contribution in [-0.2, 0) is 9.53 Å². The molecule has 0 saturated carbocycles. The number of hydrogen-bond donors (Lipinski definition) is 3. The van der Waals surface area contributed by atoms with E-state index >= 15 is 0 Å². The van der Waals surface area contributed by atoms with Crippen LogP contribution in [-0.4, -0.2) is 50.3 Å². The van der Waals surface area contributed by atoms with Crippen molar-refractivity contribution in [3.8, 4) is 0 Å². The Kier molecular flexibility index (Phi) is 6.47. The average Bonchev–Trinajstić information content (AvgIpc) is 2.27. The van der Waals surface area contributed by atoms with Gasteiger partial charge in [-0.1, -0.05) is 0 Å². The number of morpholine rings is 1. The van der Waals surface area contributed by atoms with Gasteiger partial charge in [0.05, 0.1) is 19.8 Å². The van der Waals surface area contributed by atoms with Gasteiger partial charge in [-0.05, 0) is 27.2 Å². The van der Waals surface area contributed by atoms with Crippen LogP contribution in [0.2, 0.25) is 0 Å². The van der Waals surface area contributed by atoms with Crippen LogP contribution in [0, 0.1) is 0 Å². The van der Waals surface area contributed by atoms with Gasteiger partial charge in [0, 0.05) is 24.7 Å². The Balaban J connectivity index is 2.11. The molecule has 0 aromatic rings. The summed E-state index contributed by atoms with van der Waals surface area (Å²) >= 11 is 0. The number of amides is 1. The van der Waals surface area contributed by atoms with Crippen molar-refractivity contribution in [2.45, 2.75) is 45.3 Å². The molecule has 1 heterocycles. The van der Waals surface area contributed by atoms with E-state index in [-0.39, 0.29) is 11.9 Å². The van der Waals surface area contributed by atoms with Crippen molar-refractivity contribution in [1.29, 1.82) is 0 Å². The van der Waals surface area contributed by atoms with Gasteiger partial charge in [0.15, 0.2) is 0 Å². The van der Waals surface area contributed by atoms with Crippen molar-refractivity contribution in [2.75, 3.05) is 26.3 Å². The van der Waals surface area contributed by atoms with Gasteiger partial charge in [0.25, 0.3) is 0 Å². The summed E-state index contributed by atoms with van der Waals surface area (Å²) in [6, 6.07) is 0.916. The fourth-order valence-electron chi connectivity index (χ4n) is 1.92. The summed E-state index contributed by atoms with van der Waals surface area (Å²) in [7, 11) is 0. The molecule has 1 fully saturated rings. The quantitative estimate of drug-likeness (QED) is 0.608. The smallest absolute Gasteiger partial charge is 0.234 e. The lowest BCUT2D eigenvalue weighted by Crippen LogP contribution is -2.46. The highest BCUT2D eigenvalue weighted by Crippen LogP contribution is 2.02. The highest BCUT2D eigenvalue weighted by atomic mass is 16.5. The highest BCUT2D eigenvalue weighted by Gasteiger charge is 2.16. The number of carbonyl (C=O) groups is 1. The van der Waals surface area contributed by atoms with Crippen LogP contribution < -0.4 is 16.0 Å². The van der Waals surface area contributed by atoms with Gasteiger partial charge in [-0.15, -0.1) is 0 Å². The molecule has 1 aliphatic rings. The maximum atomic E-state index is 11.4. The van der Waals surface area contributed by atoms with Crippen LogP contribution >= 0.6 is 0 Å². The third-order valence-corrected chi connectivity index (χ3v) is 2.70. The summed E-state index contributed by atoms with van der Waals surface area (Å²) in [6.45, 7) is 8.89. The molecule has 2 unspecified atom stereocenters. The lowest BCUT2D eigenvalue weighted by molar-refractivity contribution is -0.120. The highest BCUT2D eigenvalue weighted by molar-refractivity contribution is 5.78. The second-order valence-electron chi connectivity index (χ2n) is 4.97. The Hall–Kier alpha value is -0.650. The fourth-order valence-corrected chi connectivity index (χ4v) is 1.92. The van der Waals surface area contributed by atoms with Crippen LogP contribution in [0.25, 0.3) is 0 Å². The van der Waals surface area contributed by atoms with E-state index in [0.717, 1.165) is 26.2 Å². The molecule has 17 heavy (non-hydrogen) atoms. The first-order valence-electron chi connectivity index (χ1n) is 6.41. The molecule has 0 spiro atoms. The SMILES string of the molecule is CC(C)NC(=O)CNC(C)CC1COCCN1. The molecule has 5 heteroatoms. The minimum atomic E-state index is 0.0553. The van der Waals surface area contributed by atoms with E-state index in [9.17, 15) is 4.79 Å². The molecule has 3 N–H and O–H groups in total. The van der Waals surface area contributed by atoms with E-state index in [1.54, 1.807) is 0 Å². The summed E-state index contributed by atoms with van der Waals surface area (Å²) in [4.78, 5) is 11.4. The average molecular weight is 243 g/mol. The van der Waals surface area contributed by atoms with E-state index in [2.05, 4.69) is 22.9 Å². The van der Waals surface area contributed by atoms with Gasteiger partial charge in [0.2, 0.25) is 5.91 Å². The third kappa shape index (κ3) is 6.61. The Morgan fingerprint density at radius 3 is 2.82 bits per heavy atom. The number of rotatable bonds is 6. The standard InChI is InChI=1S/C12H25N3O2/c1-9(2)15-12(16)7-14-10(3)6-11-8-17-5-4-13-11/h9-11,13-14H,4-8H2,1-3H3,(H,15,16). The first-order chi connectivity index (χ1) is 8.08. The summed E-state index contributed by atoms with van der Waals surface area (Å²) in [6.07, 6.45) is 0.981. The molecule has 1 aliphatic heterocycles. The number of carbonyl (C=O) groups excluding carboxylic acids is 1. The molecule has 2 atom stereocenters. The zero-order valence-electron chi connectivity index (χ0n) is 11.1. The van der Waals surface area contributed by atoms with Crippen LogP contribution in [0.1, 0.15) is 27.2 Å². The topological polar surface area (TPSA) is 62.4 Å². The Morgan fingerprint density at radius 1 is 1.47 bits per heavy atom. The molecule has 1 amide bonds. The van der Waals surface area contributed by atoms with Gasteiger partial charge < -0.3 is 20.7 Å². The zero-order valence-corrected chi connectivity index (χ0v) is 11.1. The molecule has 100 valence electrons. The van der Waals surface area contributed by atoms with E-state index in [1.165, 1.54) is 0 Å². The summed E-state index contributed by atoms with van der Waals surface area (Å²) in [5.41, 5.74) is 0. The first-order valence-corrected chi connectivity index (χ1v) is 6.41. The first kappa shape index (κ1) is 14.4. The summed E-state index contributed by atoms with van der Waals surface area (Å²) in [5, 5.41) is 9.49. The van der Waals surface area contributed by atoms with Gasteiger partial charge in [-0.2, -0.15) is 0 Å². The van der Waals surface area contributed by atoms with Crippen LogP contribution in [0.4, 0.5) is 0 Å². The van der Waals surface area contributed by atoms with E-state index in [0.29, 0.717) is 18.6 Å². The molecular formula is C12H25N3O2. The number of ether oxygens (including phenoxy) is 1. The lowest BCUT2D eigenvalue weighted by Gasteiger charge is -2.26. The fraction of sp³-hybridized carbons (Fsp3) is 0.917. The molecule has 0 bridgehead atoms. The van der Waals surface area contributed by atoms with Crippen LogP contribution in [0.3, 0.4) is 0 Å². The Bertz CT molecular complexity index is 228. The van der Waals surface area contributed by atoms with Gasteiger partial charge in [-0.3, -0.25) is 4.79 Å². The molecule has 0 aromatic heterocycles. The molecule has 0 aliphatic carbocycles. The van der Waals surface area contributed by atoms with Crippen LogP contribution in [0.5, 0.6) is 0 Å². The second-order valence-corrected chi connectivity index (χ2v) is 4.97. The third-order valence-electron chi connectivity index (χ3n) is 2.70. The minimum Gasteiger partial charge on any atom is -0.379 e. The monoisotopic (exact) mass is 243 g/mol. The van der Waals surface area contributed by atoms with Crippen molar-refractivity contribution < 1.29 is 9.53 Å². The van der Waals surface area contributed by atoms with Gasteiger partial charge >= 0.3 is 0 Å². The molecule has 0 radical (unpaired) electrons. The molecule has 1 rings (SSSR count). The summed E-state index contributed by atoms with van der Waals surface area (Å²) < 4.78 is 5.39. The second kappa shape index (κ2) is 7.63. The maximum absolute atomic E-state index is 11.4. The molecule has 1 saturated heterocycles. The van der Waals surface area contributed by atoms with Crippen molar-refractivity contribution in [3.63, 3.8) is 0 Å². The number of nitrogens with one attached hydrogen (secondary N) is 3. The number of hydrogen-bond acceptors (Lipinski definition) is 4. The lowest BCUT2D eigenvalue weighted by atomic mass is 10.1. The Labute approximate surface area is 104 Å². The van der Waals surface area contributed by atoms with Crippen molar-refractivity contribution in [2.24, 2.45) is 0 Å². The van der Waals surface area contributed by atoms with Crippen molar-refractivity contribution in [3.05, 3.63) is 0 Å². The van der Waals surface area contributed by atoms with Crippen LogP contribution in [0.15, 0.2) is 0 Å². The van der Waals surface area contributed by atoms with Crippen molar-refractivity contribution in [1.82, 2.24) is 16.0 Å². The maximum Gasteiger partial charge on any atom is 0.234 e. The largest absolute Gasteiger partial charge is 0.379 e. The molecule has 5 nitrogen and oxygen atoms in total. The van der Waals surface area contributed by atoms with Crippen molar-refractivity contribution >= 4 is 5.91 Å². The predicted molar refractivity (Wildman–Crippen MR) is 68.0 cm³/mol. The van der Waals surface area contributed by atoms with E-state index < -0.39 is 0 Å². The minimum absolute atomic E-state index is 0.0553. The summed E-state index contributed by atoms with van der Waals surface area (Å²) in [5.74, 6) is 0.0553. The normalized spacial score (nSPS) is 22.5. The Morgan fingerprint density at radius 2 is 2.24 bits per heavy atom. The van der Waals surface area contributed by atoms with E-state index in [1.807, 2.05) is 13.8 Å². The van der Waals surface area contributed by atoms with E-state index in [4.69, 9.17) is 4.74 Å². The molecule has 0 aromatic carbocycles. The predicted octanol–water partition coefficient (Wildman–Crippen LogP) is -0.132. The molecular weight excluding hydrogens is 218 g/mol. The van der Waals surface area contributed by atoms with Gasteiger partial charge in [0.1, 0.15) is 0 Å². The zero-order chi connectivity index (χ0) is 12.7.